The van der Waals surface area contributed by atoms with Crippen LogP contribution in [0.5, 0.6) is 0 Å². The van der Waals surface area contributed by atoms with E-state index >= 15 is 0 Å². The molecule has 0 saturated carbocycles. The van der Waals surface area contributed by atoms with Gasteiger partial charge >= 0.3 is 0 Å². The fraction of sp³-hybridized carbons (Fsp3) is 0.217. The van der Waals surface area contributed by atoms with Crippen molar-refractivity contribution in [2.75, 3.05) is 6.54 Å². The quantitative estimate of drug-likeness (QED) is 0.377. The van der Waals surface area contributed by atoms with Gasteiger partial charge in [-0.15, -0.1) is 23.1 Å². The molecule has 2 aromatic heterocycles. The van der Waals surface area contributed by atoms with Crippen LogP contribution >= 0.6 is 23.1 Å². The largest absolute Gasteiger partial charge is 0.352 e. The lowest BCUT2D eigenvalue weighted by Crippen LogP contribution is -2.26. The third kappa shape index (κ3) is 5.59. The lowest BCUT2D eigenvalue weighted by atomic mass is 10.2. The molecule has 4 rings (SSSR count). The number of carbonyl (C=O) groups is 1. The number of carbonyl (C=O) groups excluding carboxylic acids is 1. The van der Waals surface area contributed by atoms with Crippen molar-refractivity contribution < 1.29 is 9.32 Å². The summed E-state index contributed by atoms with van der Waals surface area (Å²) < 4.78 is 5.15. The summed E-state index contributed by atoms with van der Waals surface area (Å²) in [4.78, 5) is 22.5. The van der Waals surface area contributed by atoms with Gasteiger partial charge in [0.15, 0.2) is 5.82 Å². The van der Waals surface area contributed by atoms with Crippen LogP contribution in [-0.2, 0) is 12.2 Å². The Morgan fingerprint density at radius 2 is 1.90 bits per heavy atom. The van der Waals surface area contributed by atoms with Crippen molar-refractivity contribution in [3.05, 3.63) is 82.4 Å². The maximum Gasteiger partial charge on any atom is 0.252 e. The van der Waals surface area contributed by atoms with Gasteiger partial charge in [0.25, 0.3) is 5.91 Å². The first-order chi connectivity index (χ1) is 15.1. The average molecular weight is 451 g/mol. The molecule has 4 aromatic rings. The molecule has 0 spiro atoms. The van der Waals surface area contributed by atoms with E-state index in [0.717, 1.165) is 21.2 Å². The number of thiazole rings is 1. The Morgan fingerprint density at radius 1 is 1.10 bits per heavy atom. The summed E-state index contributed by atoms with van der Waals surface area (Å²) in [7, 11) is 0. The Bertz CT molecular complexity index is 1170. The van der Waals surface area contributed by atoms with Crippen LogP contribution in [0.4, 0.5) is 0 Å². The number of nitrogens with zero attached hydrogens (tertiary/aromatic N) is 3. The molecule has 0 unspecified atom stereocenters. The summed E-state index contributed by atoms with van der Waals surface area (Å²) in [5.41, 5.74) is 3.97. The summed E-state index contributed by atoms with van der Waals surface area (Å²) >= 11 is 3.13. The van der Waals surface area contributed by atoms with Crippen LogP contribution in [0.15, 0.2) is 63.3 Å². The number of thioether (sulfide) groups is 1. The predicted molar refractivity (Wildman–Crippen MR) is 123 cm³/mol. The number of benzene rings is 2. The molecule has 158 valence electrons. The topological polar surface area (TPSA) is 80.9 Å². The van der Waals surface area contributed by atoms with E-state index in [-0.39, 0.29) is 5.91 Å². The summed E-state index contributed by atoms with van der Waals surface area (Å²) in [6.07, 6.45) is 0.685. The molecule has 8 heteroatoms. The van der Waals surface area contributed by atoms with Crippen LogP contribution in [0.3, 0.4) is 0 Å². The lowest BCUT2D eigenvalue weighted by molar-refractivity contribution is 0.0951. The molecule has 0 aliphatic heterocycles. The summed E-state index contributed by atoms with van der Waals surface area (Å²) in [6, 6.07) is 15.9. The smallest absolute Gasteiger partial charge is 0.252 e. The van der Waals surface area contributed by atoms with Crippen molar-refractivity contribution in [3.63, 3.8) is 0 Å². The fourth-order valence-corrected chi connectivity index (χ4v) is 4.72. The Morgan fingerprint density at radius 3 is 2.68 bits per heavy atom. The number of amides is 1. The molecule has 2 heterocycles. The molecule has 0 radical (unpaired) electrons. The van der Waals surface area contributed by atoms with Crippen LogP contribution in [-0.4, -0.2) is 27.6 Å². The first-order valence-corrected chi connectivity index (χ1v) is 11.8. The van der Waals surface area contributed by atoms with Gasteiger partial charge < -0.3 is 9.84 Å². The molecule has 0 aliphatic carbocycles. The third-order valence-corrected chi connectivity index (χ3v) is 6.57. The first kappa shape index (κ1) is 21.3. The van der Waals surface area contributed by atoms with Gasteiger partial charge in [0, 0.05) is 28.8 Å². The van der Waals surface area contributed by atoms with Crippen molar-refractivity contribution >= 4 is 29.0 Å². The number of aryl methyl sites for hydroxylation is 2. The highest BCUT2D eigenvalue weighted by Crippen LogP contribution is 2.26. The second-order valence-corrected chi connectivity index (χ2v) is 8.91. The molecular weight excluding hydrogens is 428 g/mol. The van der Waals surface area contributed by atoms with Gasteiger partial charge in [-0.3, -0.25) is 4.79 Å². The minimum absolute atomic E-state index is 0.0983. The predicted octanol–water partition coefficient (Wildman–Crippen LogP) is 5.07. The van der Waals surface area contributed by atoms with Crippen LogP contribution in [0, 0.1) is 13.8 Å². The van der Waals surface area contributed by atoms with Crippen molar-refractivity contribution in [3.8, 4) is 10.6 Å². The van der Waals surface area contributed by atoms with Crippen LogP contribution in [0.1, 0.15) is 33.3 Å². The number of aromatic nitrogens is 3. The number of hydrogen-bond acceptors (Lipinski definition) is 7. The normalized spacial score (nSPS) is 10.9. The van der Waals surface area contributed by atoms with Gasteiger partial charge in [0.2, 0.25) is 5.89 Å². The van der Waals surface area contributed by atoms with E-state index in [0.29, 0.717) is 36.0 Å². The molecular formula is C23H22N4O2S2. The van der Waals surface area contributed by atoms with Crippen LogP contribution < -0.4 is 5.32 Å². The molecule has 31 heavy (non-hydrogen) atoms. The minimum Gasteiger partial charge on any atom is -0.352 e. The summed E-state index contributed by atoms with van der Waals surface area (Å²) in [6.45, 7) is 4.38. The molecule has 0 bridgehead atoms. The molecule has 6 nitrogen and oxygen atoms in total. The van der Waals surface area contributed by atoms with Gasteiger partial charge in [0.05, 0.1) is 17.0 Å². The van der Waals surface area contributed by atoms with Crippen molar-refractivity contribution in [2.45, 2.75) is 30.9 Å². The molecule has 1 amide bonds. The summed E-state index contributed by atoms with van der Waals surface area (Å²) in [5.74, 6) is 1.57. The van der Waals surface area contributed by atoms with E-state index in [1.165, 1.54) is 17.3 Å². The second kappa shape index (κ2) is 9.89. The average Bonchev–Trinajstić information content (AvgIpc) is 3.42. The molecule has 2 aromatic carbocycles. The molecule has 0 atom stereocenters. The number of nitrogens with one attached hydrogen (secondary N) is 1. The highest BCUT2D eigenvalue weighted by Gasteiger charge is 2.13. The Labute approximate surface area is 189 Å². The van der Waals surface area contributed by atoms with E-state index in [9.17, 15) is 4.79 Å². The molecule has 0 saturated heterocycles. The van der Waals surface area contributed by atoms with E-state index in [1.54, 1.807) is 18.3 Å². The minimum atomic E-state index is -0.0983. The highest BCUT2D eigenvalue weighted by atomic mass is 32.2. The van der Waals surface area contributed by atoms with E-state index in [1.807, 2.05) is 24.3 Å². The highest BCUT2D eigenvalue weighted by molar-refractivity contribution is 7.98. The molecule has 0 aliphatic rings. The van der Waals surface area contributed by atoms with Gasteiger partial charge in [-0.25, -0.2) is 4.98 Å². The third-order valence-electron chi connectivity index (χ3n) is 4.57. The Hall–Kier alpha value is -2.97. The summed E-state index contributed by atoms with van der Waals surface area (Å²) in [5, 5.41) is 9.86. The van der Waals surface area contributed by atoms with Crippen LogP contribution in [0.25, 0.3) is 10.6 Å². The molecule has 1 N–H and O–H groups in total. The van der Waals surface area contributed by atoms with Crippen molar-refractivity contribution in [1.29, 1.82) is 0 Å². The maximum atomic E-state index is 12.7. The van der Waals surface area contributed by atoms with Crippen molar-refractivity contribution in [2.24, 2.45) is 0 Å². The fourth-order valence-electron chi connectivity index (χ4n) is 2.97. The SMILES string of the molecule is Cc1ccc(-c2nc(CCNC(=O)c3ccccc3SCc3nc(C)no3)cs2)cc1. The van der Waals surface area contributed by atoms with Crippen LogP contribution in [0.2, 0.25) is 0 Å². The Balaban J connectivity index is 1.32. The van der Waals surface area contributed by atoms with Gasteiger partial charge in [0.1, 0.15) is 5.01 Å². The zero-order valence-electron chi connectivity index (χ0n) is 17.3. The van der Waals surface area contributed by atoms with E-state index in [2.05, 4.69) is 52.0 Å². The van der Waals surface area contributed by atoms with E-state index < -0.39 is 0 Å². The first-order valence-electron chi connectivity index (χ1n) is 9.89. The standard InChI is InChI=1S/C23H22N4O2S2/c1-15-7-9-17(10-8-15)23-26-18(13-31-23)11-12-24-22(28)19-5-3-4-6-20(19)30-14-21-25-16(2)27-29-21/h3-10,13H,11-12,14H2,1-2H3,(H,24,28). The second-order valence-electron chi connectivity index (χ2n) is 7.04. The monoisotopic (exact) mass is 450 g/mol. The van der Waals surface area contributed by atoms with Gasteiger partial charge in [-0.05, 0) is 26.0 Å². The maximum absolute atomic E-state index is 12.7. The van der Waals surface area contributed by atoms with E-state index in [4.69, 9.17) is 9.51 Å². The lowest BCUT2D eigenvalue weighted by Gasteiger charge is -2.08. The number of rotatable bonds is 8. The number of hydrogen-bond donors (Lipinski definition) is 1. The zero-order chi connectivity index (χ0) is 21.6. The van der Waals surface area contributed by atoms with Crippen molar-refractivity contribution in [1.82, 2.24) is 20.4 Å². The molecule has 0 fully saturated rings. The van der Waals surface area contributed by atoms with Gasteiger partial charge in [-0.1, -0.05) is 47.1 Å². The van der Waals surface area contributed by atoms with Gasteiger partial charge in [-0.2, -0.15) is 4.98 Å². The Kier molecular flexibility index (Phi) is 6.79. The zero-order valence-corrected chi connectivity index (χ0v) is 18.9.